The Morgan fingerprint density at radius 3 is 2.90 bits per heavy atom. The number of thiazole rings is 1. The molecule has 0 aliphatic rings. The van der Waals surface area contributed by atoms with E-state index in [9.17, 15) is 8.42 Å². The molecule has 3 heterocycles. The van der Waals surface area contributed by atoms with Gasteiger partial charge in [0.2, 0.25) is 0 Å². The molecule has 0 amide bonds. The molecule has 0 spiro atoms. The molecule has 0 fully saturated rings. The van der Waals surface area contributed by atoms with Gasteiger partial charge >= 0.3 is 0 Å². The van der Waals surface area contributed by atoms with E-state index in [1.165, 1.54) is 27.1 Å². The summed E-state index contributed by atoms with van der Waals surface area (Å²) in [6, 6.07) is 0. The second kappa shape index (κ2) is 4.83. The summed E-state index contributed by atoms with van der Waals surface area (Å²) >= 11 is 1.33. The Balaban J connectivity index is 1.99. The molecule has 0 unspecified atom stereocenters. The Hall–Kier alpha value is -1.91. The fourth-order valence-corrected chi connectivity index (χ4v) is 4.18. The van der Waals surface area contributed by atoms with Crippen LogP contribution in [-0.4, -0.2) is 38.9 Å². The van der Waals surface area contributed by atoms with E-state index in [1.54, 1.807) is 35.7 Å². The average molecular weight is 326 g/mol. The van der Waals surface area contributed by atoms with E-state index in [2.05, 4.69) is 10.1 Å². The van der Waals surface area contributed by atoms with Gasteiger partial charge in [0.1, 0.15) is 0 Å². The van der Waals surface area contributed by atoms with Crippen molar-refractivity contribution in [2.45, 2.75) is 11.6 Å². The largest absolute Gasteiger partial charge is 0.381 e. The van der Waals surface area contributed by atoms with Crippen molar-refractivity contribution in [1.82, 2.24) is 23.5 Å². The molecular formula is C11H14N6O2S2. The lowest BCUT2D eigenvalue weighted by Crippen LogP contribution is -2.28. The van der Waals surface area contributed by atoms with Crippen LogP contribution < -0.4 is 5.73 Å². The number of hydrogen-bond acceptors (Lipinski definition) is 6. The van der Waals surface area contributed by atoms with Crippen LogP contribution >= 0.6 is 11.3 Å². The predicted octanol–water partition coefficient (Wildman–Crippen LogP) is 0.532. The van der Waals surface area contributed by atoms with Gasteiger partial charge in [-0.1, -0.05) is 0 Å². The number of sulfonamides is 1. The quantitative estimate of drug-likeness (QED) is 0.754. The molecule has 0 aliphatic carbocycles. The molecule has 112 valence electrons. The molecule has 8 nitrogen and oxygen atoms in total. The van der Waals surface area contributed by atoms with Gasteiger partial charge in [0.15, 0.2) is 15.8 Å². The highest BCUT2D eigenvalue weighted by molar-refractivity contribution is 7.89. The lowest BCUT2D eigenvalue weighted by molar-refractivity contribution is 0.463. The van der Waals surface area contributed by atoms with E-state index < -0.39 is 10.0 Å². The Morgan fingerprint density at radius 1 is 1.48 bits per heavy atom. The van der Waals surface area contributed by atoms with Gasteiger partial charge in [0, 0.05) is 44.0 Å². The molecule has 3 aromatic heterocycles. The zero-order valence-electron chi connectivity index (χ0n) is 11.5. The standard InChI is InChI=1S/C11H14N6O2S2/c1-15-6-8(5-13-15)7-16(2)21(18,19)10-9(12)14-11-17(10)3-4-20-11/h3-6H,7,12H2,1-2H3. The smallest absolute Gasteiger partial charge is 0.262 e. The van der Waals surface area contributed by atoms with Gasteiger partial charge in [0.05, 0.1) is 6.20 Å². The lowest BCUT2D eigenvalue weighted by atomic mass is 10.4. The summed E-state index contributed by atoms with van der Waals surface area (Å²) in [5.41, 5.74) is 6.57. The molecule has 2 N–H and O–H groups in total. The number of nitrogens with zero attached hydrogens (tertiary/aromatic N) is 5. The van der Waals surface area contributed by atoms with Crippen LogP contribution in [0.15, 0.2) is 29.0 Å². The van der Waals surface area contributed by atoms with Crippen molar-refractivity contribution in [3.63, 3.8) is 0 Å². The highest BCUT2D eigenvalue weighted by atomic mass is 32.2. The third-order valence-corrected chi connectivity index (χ3v) is 5.66. The minimum atomic E-state index is -3.73. The van der Waals surface area contributed by atoms with Crippen LogP contribution in [0.1, 0.15) is 5.56 Å². The van der Waals surface area contributed by atoms with Gasteiger partial charge in [-0.2, -0.15) is 9.40 Å². The third-order valence-electron chi connectivity index (χ3n) is 3.06. The number of hydrogen-bond donors (Lipinski definition) is 1. The van der Waals surface area contributed by atoms with E-state index in [0.29, 0.717) is 4.96 Å². The zero-order valence-corrected chi connectivity index (χ0v) is 13.1. The zero-order chi connectivity index (χ0) is 15.2. The van der Waals surface area contributed by atoms with Crippen molar-refractivity contribution >= 4 is 32.1 Å². The van der Waals surface area contributed by atoms with Crippen LogP contribution in [0.25, 0.3) is 4.96 Å². The van der Waals surface area contributed by atoms with Crippen molar-refractivity contribution in [1.29, 1.82) is 0 Å². The maximum atomic E-state index is 12.7. The Kier molecular flexibility index (Phi) is 3.23. The summed E-state index contributed by atoms with van der Waals surface area (Å²) in [6.07, 6.45) is 5.05. The van der Waals surface area contributed by atoms with Gasteiger partial charge in [-0.15, -0.1) is 11.3 Å². The first kappa shape index (κ1) is 14.0. The van der Waals surface area contributed by atoms with Crippen LogP contribution in [0.5, 0.6) is 0 Å². The molecule has 0 aromatic carbocycles. The van der Waals surface area contributed by atoms with Crippen LogP contribution in [0, 0.1) is 0 Å². The second-order valence-electron chi connectivity index (χ2n) is 4.64. The molecule has 0 atom stereocenters. The molecule has 0 saturated carbocycles. The number of anilines is 1. The topological polar surface area (TPSA) is 98.5 Å². The van der Waals surface area contributed by atoms with Gasteiger partial charge in [-0.25, -0.2) is 13.4 Å². The van der Waals surface area contributed by atoms with Crippen molar-refractivity contribution < 1.29 is 8.42 Å². The number of rotatable bonds is 4. The monoisotopic (exact) mass is 326 g/mol. The Bertz CT molecular complexity index is 891. The Labute approximate surface area is 125 Å². The van der Waals surface area contributed by atoms with E-state index in [4.69, 9.17) is 5.73 Å². The van der Waals surface area contributed by atoms with Gasteiger partial charge in [0.25, 0.3) is 10.0 Å². The number of fused-ring (bicyclic) bond motifs is 1. The normalized spacial score (nSPS) is 12.5. The van der Waals surface area contributed by atoms with E-state index in [-0.39, 0.29) is 17.4 Å². The maximum Gasteiger partial charge on any atom is 0.262 e. The molecule has 3 rings (SSSR count). The van der Waals surface area contributed by atoms with Crippen LogP contribution in [0.4, 0.5) is 5.82 Å². The molecule has 0 bridgehead atoms. The average Bonchev–Trinajstić information content (AvgIpc) is 3.05. The molecule has 3 aromatic rings. The third kappa shape index (κ3) is 2.30. The summed E-state index contributed by atoms with van der Waals surface area (Å²) in [7, 11) is -0.446. The van der Waals surface area contributed by atoms with Crippen molar-refractivity contribution in [2.75, 3.05) is 12.8 Å². The second-order valence-corrected chi connectivity index (χ2v) is 7.47. The number of aryl methyl sites for hydroxylation is 1. The predicted molar refractivity (Wildman–Crippen MR) is 79.3 cm³/mol. The van der Waals surface area contributed by atoms with Crippen LogP contribution in [0.2, 0.25) is 0 Å². The fraction of sp³-hybridized carbons (Fsp3) is 0.273. The van der Waals surface area contributed by atoms with Gasteiger partial charge in [-0.3, -0.25) is 9.08 Å². The summed E-state index contributed by atoms with van der Waals surface area (Å²) in [5.74, 6) is 0.0138. The first-order valence-corrected chi connectivity index (χ1v) is 8.36. The maximum absolute atomic E-state index is 12.7. The van der Waals surface area contributed by atoms with Crippen molar-refractivity contribution in [2.24, 2.45) is 7.05 Å². The van der Waals surface area contributed by atoms with Gasteiger partial charge < -0.3 is 5.73 Å². The number of aromatic nitrogens is 4. The molecule has 10 heteroatoms. The van der Waals surface area contributed by atoms with E-state index >= 15 is 0 Å². The van der Waals surface area contributed by atoms with E-state index in [1.807, 2.05) is 0 Å². The van der Waals surface area contributed by atoms with Gasteiger partial charge in [-0.05, 0) is 0 Å². The number of nitrogen functional groups attached to an aromatic ring is 1. The summed E-state index contributed by atoms with van der Waals surface area (Å²) < 4.78 is 29.8. The molecule has 21 heavy (non-hydrogen) atoms. The summed E-state index contributed by atoms with van der Waals surface area (Å²) in [6.45, 7) is 0.215. The van der Waals surface area contributed by atoms with E-state index in [0.717, 1.165) is 5.56 Å². The SMILES string of the molecule is CN(Cc1cnn(C)c1)S(=O)(=O)c1c(N)nc2sccn12. The molecule has 0 aliphatic heterocycles. The summed E-state index contributed by atoms with van der Waals surface area (Å²) in [4.78, 5) is 4.63. The van der Waals surface area contributed by atoms with Crippen LogP contribution in [-0.2, 0) is 23.6 Å². The van der Waals surface area contributed by atoms with Crippen LogP contribution in [0.3, 0.4) is 0 Å². The molecule has 0 radical (unpaired) electrons. The minimum Gasteiger partial charge on any atom is -0.381 e. The number of nitrogens with two attached hydrogens (primary N) is 1. The highest BCUT2D eigenvalue weighted by Crippen LogP contribution is 2.26. The molecular weight excluding hydrogens is 312 g/mol. The van der Waals surface area contributed by atoms with Crippen molar-refractivity contribution in [3.05, 3.63) is 29.5 Å². The minimum absolute atomic E-state index is 0.00476. The van der Waals surface area contributed by atoms with Crippen molar-refractivity contribution in [3.8, 4) is 0 Å². The lowest BCUT2D eigenvalue weighted by Gasteiger charge is -2.15. The summed E-state index contributed by atoms with van der Waals surface area (Å²) in [5, 5.41) is 5.80. The number of imidazole rings is 1. The highest BCUT2D eigenvalue weighted by Gasteiger charge is 2.29. The molecule has 0 saturated heterocycles. The Morgan fingerprint density at radius 2 is 2.24 bits per heavy atom. The fourth-order valence-electron chi connectivity index (χ4n) is 2.08. The first-order valence-electron chi connectivity index (χ1n) is 6.04. The first-order chi connectivity index (χ1) is 9.89.